The smallest absolute Gasteiger partial charge is 0.305 e. The summed E-state index contributed by atoms with van der Waals surface area (Å²) in [6.45, 7) is 4.94. The fraction of sp³-hybridized carbons (Fsp3) is 0.941. The summed E-state index contributed by atoms with van der Waals surface area (Å²) >= 11 is 0. The number of aliphatic hydroxyl groups is 2. The van der Waals surface area contributed by atoms with Crippen molar-refractivity contribution in [1.29, 1.82) is 0 Å². The largest absolute Gasteiger partial charge is 0.466 e. The highest BCUT2D eigenvalue weighted by Crippen LogP contribution is 2.19. The van der Waals surface area contributed by atoms with Crippen LogP contribution in [0, 0.1) is 0 Å². The molecule has 6 nitrogen and oxygen atoms in total. The van der Waals surface area contributed by atoms with E-state index < -0.39 is 12.1 Å². The molecule has 0 bridgehead atoms. The number of ether oxygens (including phenoxy) is 1. The molecule has 0 saturated carbocycles. The third-order valence-corrected chi connectivity index (χ3v) is 16.1. The average molecular weight is 1040 g/mol. The number of nitrogens with one attached hydrogen (secondary N) is 1. The minimum atomic E-state index is -0.849. The van der Waals surface area contributed by atoms with E-state index in [0.717, 1.165) is 38.5 Å². The zero-order valence-electron chi connectivity index (χ0n) is 50.4. The van der Waals surface area contributed by atoms with Gasteiger partial charge in [0.15, 0.2) is 0 Å². The van der Waals surface area contributed by atoms with Crippen LogP contribution in [0.25, 0.3) is 0 Å². The monoisotopic (exact) mass is 1040 g/mol. The molecule has 440 valence electrons. The number of hydrogen-bond donors (Lipinski definition) is 3. The van der Waals surface area contributed by atoms with E-state index in [-0.39, 0.29) is 18.5 Å². The van der Waals surface area contributed by atoms with E-state index in [4.69, 9.17) is 4.74 Å². The van der Waals surface area contributed by atoms with Gasteiger partial charge in [0.2, 0.25) is 5.91 Å². The van der Waals surface area contributed by atoms with Gasteiger partial charge >= 0.3 is 5.97 Å². The van der Waals surface area contributed by atoms with E-state index in [1.165, 1.54) is 321 Å². The molecule has 1 amide bonds. The van der Waals surface area contributed by atoms with Crippen molar-refractivity contribution in [2.75, 3.05) is 13.2 Å². The van der Waals surface area contributed by atoms with Gasteiger partial charge in [-0.25, -0.2) is 0 Å². The molecule has 74 heavy (non-hydrogen) atoms. The highest BCUT2D eigenvalue weighted by Gasteiger charge is 2.18. The zero-order chi connectivity index (χ0) is 53.6. The molecule has 0 aromatic rings. The summed E-state index contributed by atoms with van der Waals surface area (Å²) < 4.78 is 5.49. The molecule has 0 aromatic carbocycles. The molecule has 6 heteroatoms. The Bertz CT molecular complexity index is 1110. The Morgan fingerprint density at radius 2 is 0.622 bits per heavy atom. The fourth-order valence-corrected chi connectivity index (χ4v) is 10.9. The number of hydrogen-bond acceptors (Lipinski definition) is 5. The molecule has 3 N–H and O–H groups in total. The van der Waals surface area contributed by atoms with Crippen LogP contribution in [0.15, 0.2) is 12.2 Å². The molecule has 0 aromatic heterocycles. The van der Waals surface area contributed by atoms with Crippen LogP contribution in [0.5, 0.6) is 0 Å². The maximum atomic E-state index is 12.5. The maximum Gasteiger partial charge on any atom is 0.305 e. The predicted octanol–water partition coefficient (Wildman–Crippen LogP) is 21.6. The van der Waals surface area contributed by atoms with Crippen LogP contribution in [-0.4, -0.2) is 47.4 Å². The predicted molar refractivity (Wildman–Crippen MR) is 324 cm³/mol. The van der Waals surface area contributed by atoms with Crippen LogP contribution in [0.1, 0.15) is 386 Å². The molecule has 2 atom stereocenters. The number of carbonyl (C=O) groups excluding carboxylic acids is 2. The molecule has 0 saturated heterocycles. The lowest BCUT2D eigenvalue weighted by molar-refractivity contribution is -0.143. The normalized spacial score (nSPS) is 12.5. The number of amides is 1. The first-order valence-corrected chi connectivity index (χ1v) is 34.0. The Hall–Kier alpha value is -1.40. The number of allylic oxidation sites excluding steroid dienone is 1. The van der Waals surface area contributed by atoms with Gasteiger partial charge in [0, 0.05) is 12.8 Å². The van der Waals surface area contributed by atoms with Crippen molar-refractivity contribution < 1.29 is 24.5 Å². The average Bonchev–Trinajstić information content (AvgIpc) is 3.40. The number of unbranched alkanes of at least 4 members (excludes halogenated alkanes) is 53. The summed E-state index contributed by atoms with van der Waals surface area (Å²) in [5.41, 5.74) is 0. The second-order valence-electron chi connectivity index (χ2n) is 23.5. The molecule has 2 unspecified atom stereocenters. The Morgan fingerprint density at radius 3 is 0.919 bits per heavy atom. The first-order chi connectivity index (χ1) is 36.5. The van der Waals surface area contributed by atoms with E-state index in [0.29, 0.717) is 19.4 Å². The Morgan fingerprint density at radius 1 is 0.365 bits per heavy atom. The molecule has 0 aliphatic heterocycles. The van der Waals surface area contributed by atoms with E-state index in [9.17, 15) is 19.8 Å². The molecular weight excluding hydrogens is 911 g/mol. The molecule has 0 fully saturated rings. The number of aliphatic hydroxyl groups excluding tert-OH is 2. The first kappa shape index (κ1) is 72.6. The van der Waals surface area contributed by atoms with Crippen molar-refractivity contribution in [3.8, 4) is 0 Å². The molecule has 0 aliphatic carbocycles. The third-order valence-electron chi connectivity index (χ3n) is 16.1. The summed E-state index contributed by atoms with van der Waals surface area (Å²) in [5.74, 6) is -0.0596. The van der Waals surface area contributed by atoms with Crippen LogP contribution in [0.3, 0.4) is 0 Å². The van der Waals surface area contributed by atoms with Gasteiger partial charge in [-0.15, -0.1) is 0 Å². The third kappa shape index (κ3) is 59.8. The summed E-state index contributed by atoms with van der Waals surface area (Å²) in [6.07, 6.45) is 78.4. The summed E-state index contributed by atoms with van der Waals surface area (Å²) in [5, 5.41) is 23.3. The van der Waals surface area contributed by atoms with E-state index in [1.807, 2.05) is 6.08 Å². The Labute approximate surface area is 463 Å². The van der Waals surface area contributed by atoms with Crippen LogP contribution in [-0.2, 0) is 14.3 Å². The van der Waals surface area contributed by atoms with Crippen LogP contribution >= 0.6 is 0 Å². The summed E-state index contributed by atoms with van der Waals surface area (Å²) in [6, 6.07) is -0.633. The van der Waals surface area contributed by atoms with Crippen LogP contribution in [0.2, 0.25) is 0 Å². The van der Waals surface area contributed by atoms with Gasteiger partial charge in [0.25, 0.3) is 0 Å². The van der Waals surface area contributed by atoms with Gasteiger partial charge in [0.05, 0.1) is 25.4 Å². The van der Waals surface area contributed by atoms with Crippen molar-refractivity contribution in [3.63, 3.8) is 0 Å². The molecule has 0 spiro atoms. The fourth-order valence-electron chi connectivity index (χ4n) is 10.9. The lowest BCUT2D eigenvalue weighted by Crippen LogP contribution is -2.45. The SMILES string of the molecule is CCCCCCCCCCCCCCCCCCCCCCCCC/C=C/C(O)C(CO)NC(=O)CCCCCCCCCCCCCCCCCCCOC(=O)CCCCCCCCCCCCCCCCC. The molecule has 0 radical (unpaired) electrons. The number of rotatable bonds is 64. The first-order valence-electron chi connectivity index (χ1n) is 34.0. The number of carbonyl (C=O) groups is 2. The topological polar surface area (TPSA) is 95.9 Å². The van der Waals surface area contributed by atoms with Gasteiger partial charge in [-0.2, -0.15) is 0 Å². The standard InChI is InChI=1S/C68H133NO5/c1-3-5-7-9-11-13-15-17-19-20-21-22-23-24-25-26-27-29-33-36-40-44-48-52-56-60-66(71)65(64-70)69-67(72)61-57-53-49-45-41-37-34-30-28-31-35-39-43-47-51-55-59-63-74-68(73)62-58-54-50-46-42-38-32-18-16-14-12-10-8-6-4-2/h56,60,65-66,70-71H,3-55,57-59,61-64H2,1-2H3,(H,69,72)/b60-56+. The van der Waals surface area contributed by atoms with E-state index in [2.05, 4.69) is 19.2 Å². The van der Waals surface area contributed by atoms with Gasteiger partial charge in [-0.3, -0.25) is 9.59 Å². The minimum Gasteiger partial charge on any atom is -0.466 e. The maximum absolute atomic E-state index is 12.5. The van der Waals surface area contributed by atoms with Crippen molar-refractivity contribution in [1.82, 2.24) is 5.32 Å². The van der Waals surface area contributed by atoms with Crippen LogP contribution in [0.4, 0.5) is 0 Å². The van der Waals surface area contributed by atoms with Gasteiger partial charge in [0.1, 0.15) is 0 Å². The quantitative estimate of drug-likeness (QED) is 0.0320. The van der Waals surface area contributed by atoms with Crippen LogP contribution < -0.4 is 5.32 Å². The number of esters is 1. The highest BCUT2D eigenvalue weighted by molar-refractivity contribution is 5.76. The minimum absolute atomic E-state index is 0.00866. The summed E-state index contributed by atoms with van der Waals surface area (Å²) in [4.78, 5) is 24.6. The molecule has 0 heterocycles. The lowest BCUT2D eigenvalue weighted by atomic mass is 10.0. The molecular formula is C68H133NO5. The van der Waals surface area contributed by atoms with Gasteiger partial charge in [-0.05, 0) is 32.1 Å². The van der Waals surface area contributed by atoms with Gasteiger partial charge < -0.3 is 20.3 Å². The van der Waals surface area contributed by atoms with Crippen molar-refractivity contribution in [2.45, 2.75) is 398 Å². The molecule has 0 aliphatic rings. The second kappa shape index (κ2) is 64.1. The zero-order valence-corrected chi connectivity index (χ0v) is 50.4. The molecule has 0 rings (SSSR count). The summed E-state index contributed by atoms with van der Waals surface area (Å²) in [7, 11) is 0. The highest BCUT2D eigenvalue weighted by atomic mass is 16.5. The van der Waals surface area contributed by atoms with Crippen molar-refractivity contribution in [3.05, 3.63) is 12.2 Å². The van der Waals surface area contributed by atoms with Crippen molar-refractivity contribution in [2.24, 2.45) is 0 Å². The van der Waals surface area contributed by atoms with Crippen molar-refractivity contribution >= 4 is 11.9 Å². The second-order valence-corrected chi connectivity index (χ2v) is 23.5. The van der Waals surface area contributed by atoms with E-state index in [1.54, 1.807) is 6.08 Å². The lowest BCUT2D eigenvalue weighted by Gasteiger charge is -2.20. The van der Waals surface area contributed by atoms with E-state index >= 15 is 0 Å². The Kier molecular flexibility index (Phi) is 62.9. The Balaban J connectivity index is 3.43. The van der Waals surface area contributed by atoms with Gasteiger partial charge in [-0.1, -0.05) is 353 Å².